The highest BCUT2D eigenvalue weighted by atomic mass is 16.5. The number of carbonyl (C=O) groups excluding carboxylic acids is 1. The van der Waals surface area contributed by atoms with Crippen molar-refractivity contribution >= 4 is 11.7 Å². The Bertz CT molecular complexity index is 887. The summed E-state index contributed by atoms with van der Waals surface area (Å²) in [6, 6.07) is 15.1. The minimum atomic E-state index is -0.232. The number of aromatic nitrogens is 2. The first-order valence-electron chi connectivity index (χ1n) is 8.64. The summed E-state index contributed by atoms with van der Waals surface area (Å²) in [6.45, 7) is 6.01. The number of nitrogens with zero attached hydrogens (tertiary/aromatic N) is 2. The maximum Gasteiger partial charge on any atom is 0.319 e. The van der Waals surface area contributed by atoms with Crippen molar-refractivity contribution in [1.29, 1.82) is 0 Å². The van der Waals surface area contributed by atoms with Gasteiger partial charge in [0.2, 0.25) is 5.82 Å². The molecule has 2 N–H and O–H groups in total. The molecule has 0 radical (unpaired) electrons. The third-order valence-electron chi connectivity index (χ3n) is 4.09. The number of carbonyl (C=O) groups is 1. The molecule has 0 spiro atoms. The quantitative estimate of drug-likeness (QED) is 0.703. The molecule has 0 aliphatic carbocycles. The van der Waals surface area contributed by atoms with Gasteiger partial charge in [-0.2, -0.15) is 4.98 Å². The number of anilines is 1. The summed E-state index contributed by atoms with van der Waals surface area (Å²) in [6.07, 6.45) is 0.873. The zero-order chi connectivity index (χ0) is 18.5. The van der Waals surface area contributed by atoms with Crippen LogP contribution in [0.4, 0.5) is 10.5 Å². The van der Waals surface area contributed by atoms with Gasteiger partial charge in [0.15, 0.2) is 0 Å². The smallest absolute Gasteiger partial charge is 0.319 e. The molecule has 1 atom stereocenters. The van der Waals surface area contributed by atoms with Gasteiger partial charge in [-0.05, 0) is 44.5 Å². The van der Waals surface area contributed by atoms with Crippen LogP contribution in [-0.2, 0) is 0 Å². The van der Waals surface area contributed by atoms with E-state index in [2.05, 4.69) is 20.8 Å². The van der Waals surface area contributed by atoms with Crippen LogP contribution in [0, 0.1) is 6.92 Å². The van der Waals surface area contributed by atoms with Crippen molar-refractivity contribution in [3.8, 4) is 22.8 Å². The molecule has 26 heavy (non-hydrogen) atoms. The van der Waals surface area contributed by atoms with Crippen molar-refractivity contribution in [2.24, 2.45) is 0 Å². The Balaban J connectivity index is 1.76. The first kappa shape index (κ1) is 17.7. The topological polar surface area (TPSA) is 80.0 Å². The number of rotatable bonds is 5. The zero-order valence-corrected chi connectivity index (χ0v) is 15.1. The first-order valence-corrected chi connectivity index (χ1v) is 8.64. The number of benzene rings is 2. The lowest BCUT2D eigenvalue weighted by Crippen LogP contribution is -2.35. The van der Waals surface area contributed by atoms with Gasteiger partial charge in [0, 0.05) is 22.9 Å². The SMILES string of the molecule is CC[C@H](C)NC(=O)Nc1cccc(-c2noc(-c3ccc(C)cc3)n2)c1. The molecule has 2 amide bonds. The van der Waals surface area contributed by atoms with Gasteiger partial charge in [-0.1, -0.05) is 41.9 Å². The van der Waals surface area contributed by atoms with Crippen LogP contribution in [0.5, 0.6) is 0 Å². The molecule has 0 unspecified atom stereocenters. The molecule has 0 aliphatic rings. The lowest BCUT2D eigenvalue weighted by atomic mass is 10.1. The number of urea groups is 1. The average molecular weight is 350 g/mol. The molecular formula is C20H22N4O2. The highest BCUT2D eigenvalue weighted by molar-refractivity contribution is 5.90. The van der Waals surface area contributed by atoms with Crippen LogP contribution in [0.2, 0.25) is 0 Å². The third kappa shape index (κ3) is 4.27. The van der Waals surface area contributed by atoms with E-state index in [4.69, 9.17) is 4.52 Å². The van der Waals surface area contributed by atoms with E-state index in [9.17, 15) is 4.79 Å². The molecule has 0 bridgehead atoms. The normalized spacial score (nSPS) is 11.8. The van der Waals surface area contributed by atoms with Crippen LogP contribution in [0.3, 0.4) is 0 Å². The number of amides is 2. The fourth-order valence-corrected chi connectivity index (χ4v) is 2.38. The fourth-order valence-electron chi connectivity index (χ4n) is 2.38. The predicted octanol–water partition coefficient (Wildman–Crippen LogP) is 4.63. The van der Waals surface area contributed by atoms with Crippen LogP contribution >= 0.6 is 0 Å². The van der Waals surface area contributed by atoms with E-state index >= 15 is 0 Å². The van der Waals surface area contributed by atoms with Crippen molar-refractivity contribution in [2.75, 3.05) is 5.32 Å². The second-order valence-electron chi connectivity index (χ2n) is 6.28. The van der Waals surface area contributed by atoms with Gasteiger partial charge < -0.3 is 15.2 Å². The van der Waals surface area contributed by atoms with Crippen LogP contribution < -0.4 is 10.6 Å². The maximum absolute atomic E-state index is 12.0. The molecule has 6 heteroatoms. The molecule has 3 rings (SSSR count). The van der Waals surface area contributed by atoms with Gasteiger partial charge in [-0.25, -0.2) is 4.79 Å². The Kier molecular flexibility index (Phi) is 5.31. The molecule has 0 saturated heterocycles. The summed E-state index contributed by atoms with van der Waals surface area (Å²) >= 11 is 0. The molecule has 0 aliphatic heterocycles. The molecule has 6 nitrogen and oxygen atoms in total. The fraction of sp³-hybridized carbons (Fsp3) is 0.250. The van der Waals surface area contributed by atoms with Crippen LogP contribution in [0.15, 0.2) is 53.1 Å². The van der Waals surface area contributed by atoms with Crippen molar-refractivity contribution < 1.29 is 9.32 Å². The Labute approximate surface area is 152 Å². The average Bonchev–Trinajstić information content (AvgIpc) is 3.12. The molecule has 1 aromatic heterocycles. The molecule has 1 heterocycles. The maximum atomic E-state index is 12.0. The lowest BCUT2D eigenvalue weighted by Gasteiger charge is -2.12. The van der Waals surface area contributed by atoms with Crippen molar-refractivity contribution in [3.05, 3.63) is 54.1 Å². The van der Waals surface area contributed by atoms with Gasteiger partial charge >= 0.3 is 6.03 Å². The zero-order valence-electron chi connectivity index (χ0n) is 15.1. The van der Waals surface area contributed by atoms with E-state index in [1.807, 2.05) is 69.3 Å². The molecule has 0 saturated carbocycles. The van der Waals surface area contributed by atoms with Gasteiger partial charge in [-0.15, -0.1) is 0 Å². The summed E-state index contributed by atoms with van der Waals surface area (Å²) in [7, 11) is 0. The Morgan fingerprint density at radius 2 is 1.92 bits per heavy atom. The van der Waals surface area contributed by atoms with E-state index in [0.717, 1.165) is 17.5 Å². The second-order valence-corrected chi connectivity index (χ2v) is 6.28. The standard InChI is InChI=1S/C20H22N4O2/c1-4-14(3)21-20(25)22-17-7-5-6-16(12-17)18-23-19(26-24-18)15-10-8-13(2)9-11-15/h5-12,14H,4H2,1-3H3,(H2,21,22,25)/t14-/m0/s1. The molecule has 3 aromatic rings. The van der Waals surface area contributed by atoms with E-state index in [0.29, 0.717) is 17.4 Å². The number of aryl methyl sites for hydroxylation is 1. The van der Waals surface area contributed by atoms with Crippen molar-refractivity contribution in [1.82, 2.24) is 15.5 Å². The summed E-state index contributed by atoms with van der Waals surface area (Å²) < 4.78 is 5.37. The van der Waals surface area contributed by atoms with Gasteiger partial charge in [0.25, 0.3) is 5.89 Å². The Morgan fingerprint density at radius 3 is 2.65 bits per heavy atom. The second kappa shape index (κ2) is 7.82. The largest absolute Gasteiger partial charge is 0.335 e. The highest BCUT2D eigenvalue weighted by Crippen LogP contribution is 2.24. The van der Waals surface area contributed by atoms with Gasteiger partial charge in [0.1, 0.15) is 0 Å². The van der Waals surface area contributed by atoms with Crippen LogP contribution in [0.1, 0.15) is 25.8 Å². The van der Waals surface area contributed by atoms with E-state index in [1.165, 1.54) is 5.56 Å². The molecule has 0 fully saturated rings. The third-order valence-corrected chi connectivity index (χ3v) is 4.09. The molecule has 134 valence electrons. The Morgan fingerprint density at radius 1 is 1.15 bits per heavy atom. The van der Waals surface area contributed by atoms with Crippen molar-refractivity contribution in [3.63, 3.8) is 0 Å². The number of hydrogen-bond donors (Lipinski definition) is 2. The van der Waals surface area contributed by atoms with Gasteiger partial charge in [-0.3, -0.25) is 0 Å². The van der Waals surface area contributed by atoms with Crippen molar-refractivity contribution in [2.45, 2.75) is 33.2 Å². The highest BCUT2D eigenvalue weighted by Gasteiger charge is 2.12. The monoisotopic (exact) mass is 350 g/mol. The predicted molar refractivity (Wildman–Crippen MR) is 102 cm³/mol. The number of nitrogens with one attached hydrogen (secondary N) is 2. The summed E-state index contributed by atoms with van der Waals surface area (Å²) in [4.78, 5) is 16.4. The molecule has 2 aromatic carbocycles. The van der Waals surface area contributed by atoms with Crippen LogP contribution in [0.25, 0.3) is 22.8 Å². The number of hydrogen-bond acceptors (Lipinski definition) is 4. The Hall–Kier alpha value is -3.15. The first-order chi connectivity index (χ1) is 12.5. The summed E-state index contributed by atoms with van der Waals surface area (Å²) in [5, 5.41) is 9.75. The summed E-state index contributed by atoms with van der Waals surface area (Å²) in [5.41, 5.74) is 3.48. The minimum Gasteiger partial charge on any atom is -0.335 e. The van der Waals surface area contributed by atoms with E-state index in [1.54, 1.807) is 0 Å². The molecular weight excluding hydrogens is 328 g/mol. The van der Waals surface area contributed by atoms with E-state index < -0.39 is 0 Å². The minimum absolute atomic E-state index is 0.118. The van der Waals surface area contributed by atoms with Crippen LogP contribution in [-0.4, -0.2) is 22.2 Å². The van der Waals surface area contributed by atoms with Gasteiger partial charge in [0.05, 0.1) is 0 Å². The van der Waals surface area contributed by atoms with E-state index in [-0.39, 0.29) is 12.1 Å². The summed E-state index contributed by atoms with van der Waals surface area (Å²) in [5.74, 6) is 0.944. The lowest BCUT2D eigenvalue weighted by molar-refractivity contribution is 0.249.